The maximum absolute atomic E-state index is 14.6. The van der Waals surface area contributed by atoms with Crippen molar-refractivity contribution in [3.63, 3.8) is 0 Å². The van der Waals surface area contributed by atoms with Crippen molar-refractivity contribution in [2.75, 3.05) is 0 Å². The quantitative estimate of drug-likeness (QED) is 0.613. The van der Waals surface area contributed by atoms with Gasteiger partial charge in [0.1, 0.15) is 5.82 Å². The minimum atomic E-state index is -0.215. The molecule has 0 saturated carbocycles. The Morgan fingerprint density at radius 3 is 2.35 bits per heavy atom. The Bertz CT molecular complexity index is 730. The van der Waals surface area contributed by atoms with Gasteiger partial charge in [0.25, 0.3) is 0 Å². The fourth-order valence-electron chi connectivity index (χ4n) is 2.12. The Hall–Kier alpha value is -1.82. The lowest BCUT2D eigenvalue weighted by atomic mass is 9.95. The summed E-state index contributed by atoms with van der Waals surface area (Å²) in [6.45, 7) is 0. The molecule has 0 amide bonds. The van der Waals surface area contributed by atoms with Crippen molar-refractivity contribution < 1.29 is 4.39 Å². The number of pyridine rings is 2. The molecule has 3 rings (SSSR count). The molecule has 2 heterocycles. The molecular weight excluding hydrogens is 366 g/mol. The highest BCUT2D eigenvalue weighted by Gasteiger charge is 2.15. The smallest absolute Gasteiger partial charge is 0.145 e. The van der Waals surface area contributed by atoms with E-state index in [9.17, 15) is 4.39 Å². The first-order valence-electron chi connectivity index (χ1n) is 6.06. The van der Waals surface area contributed by atoms with E-state index in [4.69, 9.17) is 0 Å². The van der Waals surface area contributed by atoms with Gasteiger partial charge >= 0.3 is 0 Å². The monoisotopic (exact) mass is 376 g/mol. The van der Waals surface area contributed by atoms with Crippen molar-refractivity contribution in [1.82, 2.24) is 9.97 Å². The van der Waals surface area contributed by atoms with E-state index in [0.717, 1.165) is 16.7 Å². The second-order valence-electron chi connectivity index (χ2n) is 4.26. The maximum atomic E-state index is 14.6. The molecule has 2 nitrogen and oxygen atoms in total. The van der Waals surface area contributed by atoms with Gasteiger partial charge in [-0.2, -0.15) is 0 Å². The Kier molecular flexibility index (Phi) is 3.73. The van der Waals surface area contributed by atoms with Crippen LogP contribution in [0.1, 0.15) is 0 Å². The van der Waals surface area contributed by atoms with Crippen LogP contribution < -0.4 is 0 Å². The molecule has 0 radical (unpaired) electrons. The van der Waals surface area contributed by atoms with Crippen LogP contribution in [0, 0.1) is 9.39 Å². The van der Waals surface area contributed by atoms with Crippen molar-refractivity contribution in [2.45, 2.75) is 0 Å². The number of nitrogens with zero attached hydrogens (tertiary/aromatic N) is 2. The van der Waals surface area contributed by atoms with E-state index in [-0.39, 0.29) is 5.82 Å². The van der Waals surface area contributed by atoms with Gasteiger partial charge in [0.05, 0.1) is 0 Å². The maximum Gasteiger partial charge on any atom is 0.145 e. The highest BCUT2D eigenvalue weighted by atomic mass is 127. The number of halogens is 2. The molecule has 0 fully saturated rings. The lowest BCUT2D eigenvalue weighted by molar-refractivity contribution is 0.624. The number of hydrogen-bond acceptors (Lipinski definition) is 2. The summed E-state index contributed by atoms with van der Waals surface area (Å²) in [6.07, 6.45) is 6.77. The van der Waals surface area contributed by atoms with E-state index < -0.39 is 0 Å². The second-order valence-corrected chi connectivity index (χ2v) is 5.42. The van der Waals surface area contributed by atoms with Crippen molar-refractivity contribution in [3.8, 4) is 22.3 Å². The fraction of sp³-hybridized carbons (Fsp3) is 0. The topological polar surface area (TPSA) is 25.8 Å². The van der Waals surface area contributed by atoms with E-state index in [1.54, 1.807) is 30.9 Å². The second kappa shape index (κ2) is 5.66. The van der Waals surface area contributed by atoms with Gasteiger partial charge in [-0.25, -0.2) is 4.39 Å². The van der Waals surface area contributed by atoms with Crippen LogP contribution in [0.4, 0.5) is 4.39 Å². The highest BCUT2D eigenvalue weighted by molar-refractivity contribution is 14.1. The molecule has 0 bridgehead atoms. The summed E-state index contributed by atoms with van der Waals surface area (Å²) in [5.41, 5.74) is 3.14. The fourth-order valence-corrected chi connectivity index (χ4v) is 2.57. The van der Waals surface area contributed by atoms with Gasteiger partial charge < -0.3 is 0 Å². The zero-order chi connectivity index (χ0) is 13.9. The van der Waals surface area contributed by atoms with Crippen LogP contribution in [0.3, 0.4) is 0 Å². The van der Waals surface area contributed by atoms with Gasteiger partial charge in [-0.05, 0) is 58.0 Å². The van der Waals surface area contributed by atoms with Crippen LogP contribution in [-0.2, 0) is 0 Å². The predicted molar refractivity (Wildman–Crippen MR) is 85.6 cm³/mol. The minimum Gasteiger partial charge on any atom is -0.265 e. The van der Waals surface area contributed by atoms with Crippen molar-refractivity contribution >= 4 is 22.6 Å². The predicted octanol–water partition coefficient (Wildman–Crippen LogP) is 4.55. The molecule has 0 saturated heterocycles. The number of hydrogen-bond donors (Lipinski definition) is 0. The summed E-state index contributed by atoms with van der Waals surface area (Å²) >= 11 is 2.01. The van der Waals surface area contributed by atoms with Gasteiger partial charge in [0, 0.05) is 39.5 Å². The number of benzene rings is 1. The highest BCUT2D eigenvalue weighted by Crippen LogP contribution is 2.35. The van der Waals surface area contributed by atoms with Crippen LogP contribution >= 0.6 is 22.6 Å². The molecule has 0 aliphatic carbocycles. The van der Waals surface area contributed by atoms with Crippen molar-refractivity contribution in [3.05, 3.63) is 70.6 Å². The molecule has 0 spiro atoms. The summed E-state index contributed by atoms with van der Waals surface area (Å²) in [5.74, 6) is -0.215. The summed E-state index contributed by atoms with van der Waals surface area (Å²) in [6, 6.07) is 11.1. The standard InChI is InChI=1S/C16H10FIN2/c17-16-14(18)4-3-13(11-5-8-19-9-6-11)15(16)12-2-1-7-20-10-12/h1-10H. The molecule has 3 aromatic rings. The molecule has 0 aliphatic heterocycles. The van der Waals surface area contributed by atoms with Gasteiger partial charge in [0.2, 0.25) is 0 Å². The molecule has 0 N–H and O–H groups in total. The molecule has 4 heteroatoms. The number of aromatic nitrogens is 2. The van der Waals surface area contributed by atoms with E-state index in [2.05, 4.69) is 9.97 Å². The van der Waals surface area contributed by atoms with E-state index >= 15 is 0 Å². The summed E-state index contributed by atoms with van der Waals surface area (Å²) in [5, 5.41) is 0. The summed E-state index contributed by atoms with van der Waals surface area (Å²) in [4.78, 5) is 8.09. The van der Waals surface area contributed by atoms with Crippen LogP contribution in [-0.4, -0.2) is 9.97 Å². The Morgan fingerprint density at radius 1 is 0.850 bits per heavy atom. The van der Waals surface area contributed by atoms with Gasteiger partial charge in [0.15, 0.2) is 0 Å². The largest absolute Gasteiger partial charge is 0.265 e. The van der Waals surface area contributed by atoms with Gasteiger partial charge in [-0.3, -0.25) is 9.97 Å². The molecule has 0 aliphatic rings. The normalized spacial score (nSPS) is 10.5. The third-order valence-electron chi connectivity index (χ3n) is 3.04. The minimum absolute atomic E-state index is 0.215. The first-order valence-corrected chi connectivity index (χ1v) is 7.14. The lowest BCUT2D eigenvalue weighted by Crippen LogP contribution is -1.93. The molecule has 1 aromatic carbocycles. The van der Waals surface area contributed by atoms with Crippen molar-refractivity contribution in [1.29, 1.82) is 0 Å². The molecule has 2 aromatic heterocycles. The molecule has 98 valence electrons. The van der Waals surface area contributed by atoms with Crippen LogP contribution in [0.15, 0.2) is 61.2 Å². The van der Waals surface area contributed by atoms with Gasteiger partial charge in [-0.15, -0.1) is 0 Å². The molecular formula is C16H10FIN2. The average molecular weight is 376 g/mol. The first kappa shape index (κ1) is 13.2. The van der Waals surface area contributed by atoms with Crippen molar-refractivity contribution in [2.24, 2.45) is 0 Å². The Morgan fingerprint density at radius 2 is 1.65 bits per heavy atom. The third-order valence-corrected chi connectivity index (χ3v) is 3.87. The Labute approximate surface area is 129 Å². The van der Waals surface area contributed by atoms with E-state index in [0.29, 0.717) is 9.13 Å². The zero-order valence-electron chi connectivity index (χ0n) is 10.4. The molecule has 0 unspecified atom stereocenters. The average Bonchev–Trinajstić information content (AvgIpc) is 2.51. The summed E-state index contributed by atoms with van der Waals surface area (Å²) in [7, 11) is 0. The molecule has 20 heavy (non-hydrogen) atoms. The first-order chi connectivity index (χ1) is 9.77. The molecule has 0 atom stereocenters. The number of rotatable bonds is 2. The zero-order valence-corrected chi connectivity index (χ0v) is 12.6. The van der Waals surface area contributed by atoms with E-state index in [1.807, 2.05) is 52.9 Å². The van der Waals surface area contributed by atoms with Gasteiger partial charge in [-0.1, -0.05) is 12.1 Å². The van der Waals surface area contributed by atoms with Crippen LogP contribution in [0.2, 0.25) is 0 Å². The third kappa shape index (κ3) is 2.43. The SMILES string of the molecule is Fc1c(I)ccc(-c2ccncc2)c1-c1cccnc1. The van der Waals surface area contributed by atoms with E-state index in [1.165, 1.54) is 0 Å². The van der Waals surface area contributed by atoms with Crippen LogP contribution in [0.25, 0.3) is 22.3 Å². The van der Waals surface area contributed by atoms with Crippen LogP contribution in [0.5, 0.6) is 0 Å². The lowest BCUT2D eigenvalue weighted by Gasteiger charge is -2.12. The summed E-state index contributed by atoms with van der Waals surface area (Å²) < 4.78 is 15.2. The Balaban J connectivity index is 2.29.